The number of rotatable bonds is 3. The fourth-order valence-electron chi connectivity index (χ4n) is 2.54. The Hall–Kier alpha value is -1.11. The van der Waals surface area contributed by atoms with Gasteiger partial charge in [0.25, 0.3) is 0 Å². The standard InChI is InChI=1S/C14H20O/c1-6-9-14(5)12(10(2)3)8-7-11(4)13(14)15/h6-7,12H,1-2,8-9H2,3-5H3/t12-,14+/m0/s1. The Morgan fingerprint density at radius 3 is 2.80 bits per heavy atom. The topological polar surface area (TPSA) is 17.1 Å². The summed E-state index contributed by atoms with van der Waals surface area (Å²) in [5.41, 5.74) is 1.65. The van der Waals surface area contributed by atoms with E-state index in [0.29, 0.717) is 0 Å². The molecule has 0 fully saturated rings. The van der Waals surface area contributed by atoms with Gasteiger partial charge in [0.2, 0.25) is 0 Å². The van der Waals surface area contributed by atoms with Crippen LogP contribution >= 0.6 is 0 Å². The molecule has 1 rings (SSSR count). The number of hydrogen-bond donors (Lipinski definition) is 0. The first kappa shape index (κ1) is 12.0. The third-order valence-electron chi connectivity index (χ3n) is 3.47. The molecular formula is C14H20O. The molecule has 1 nitrogen and oxygen atoms in total. The highest BCUT2D eigenvalue weighted by Gasteiger charge is 2.42. The van der Waals surface area contributed by atoms with E-state index in [0.717, 1.165) is 24.0 Å². The minimum Gasteiger partial charge on any atom is -0.294 e. The smallest absolute Gasteiger partial charge is 0.165 e. The van der Waals surface area contributed by atoms with Gasteiger partial charge in [0, 0.05) is 5.41 Å². The summed E-state index contributed by atoms with van der Waals surface area (Å²) in [7, 11) is 0. The van der Waals surface area contributed by atoms with E-state index in [1.165, 1.54) is 0 Å². The summed E-state index contributed by atoms with van der Waals surface area (Å²) in [5.74, 6) is 0.508. The minimum atomic E-state index is -0.327. The second-order valence-corrected chi connectivity index (χ2v) is 4.76. The quantitative estimate of drug-likeness (QED) is 0.641. The van der Waals surface area contributed by atoms with Crippen LogP contribution in [0.4, 0.5) is 0 Å². The zero-order chi connectivity index (χ0) is 11.6. The molecule has 0 aliphatic heterocycles. The number of carbonyl (C=O) groups excluding carboxylic acids is 1. The molecule has 82 valence electrons. The van der Waals surface area contributed by atoms with Gasteiger partial charge in [0.1, 0.15) is 0 Å². The number of ketones is 1. The summed E-state index contributed by atoms with van der Waals surface area (Å²) in [6, 6.07) is 0. The summed E-state index contributed by atoms with van der Waals surface area (Å²) in [6.45, 7) is 13.7. The second-order valence-electron chi connectivity index (χ2n) is 4.76. The van der Waals surface area contributed by atoms with Gasteiger partial charge in [0.15, 0.2) is 5.78 Å². The number of allylic oxidation sites excluding steroid dienone is 4. The average molecular weight is 204 g/mol. The van der Waals surface area contributed by atoms with Crippen molar-refractivity contribution < 1.29 is 4.79 Å². The van der Waals surface area contributed by atoms with Gasteiger partial charge < -0.3 is 0 Å². The van der Waals surface area contributed by atoms with Gasteiger partial charge >= 0.3 is 0 Å². The summed E-state index contributed by atoms with van der Waals surface area (Å²) in [5, 5.41) is 0. The Morgan fingerprint density at radius 1 is 1.73 bits per heavy atom. The summed E-state index contributed by atoms with van der Waals surface area (Å²) in [6.07, 6.45) is 5.53. The summed E-state index contributed by atoms with van der Waals surface area (Å²) in [4.78, 5) is 12.2. The molecule has 0 heterocycles. The van der Waals surface area contributed by atoms with E-state index in [-0.39, 0.29) is 17.1 Å². The maximum atomic E-state index is 12.2. The van der Waals surface area contributed by atoms with Gasteiger partial charge in [-0.15, -0.1) is 6.58 Å². The predicted octanol–water partition coefficient (Wildman–Crippen LogP) is 3.68. The van der Waals surface area contributed by atoms with Gasteiger partial charge in [0.05, 0.1) is 0 Å². The first-order valence-electron chi connectivity index (χ1n) is 5.41. The Bertz CT molecular complexity index is 335. The summed E-state index contributed by atoms with van der Waals surface area (Å²) >= 11 is 0. The number of carbonyl (C=O) groups is 1. The first-order chi connectivity index (χ1) is 6.93. The fourth-order valence-corrected chi connectivity index (χ4v) is 2.54. The Labute approximate surface area is 92.6 Å². The van der Waals surface area contributed by atoms with Crippen molar-refractivity contribution in [1.29, 1.82) is 0 Å². The minimum absolute atomic E-state index is 0.252. The molecule has 0 aromatic heterocycles. The highest BCUT2D eigenvalue weighted by molar-refractivity contribution is 6.00. The molecule has 1 aliphatic rings. The van der Waals surface area contributed by atoms with E-state index in [1.54, 1.807) is 0 Å². The van der Waals surface area contributed by atoms with Crippen LogP contribution in [0.5, 0.6) is 0 Å². The Kier molecular flexibility index (Phi) is 3.33. The highest BCUT2D eigenvalue weighted by Crippen LogP contribution is 2.44. The van der Waals surface area contributed by atoms with E-state index in [2.05, 4.69) is 13.2 Å². The zero-order valence-corrected chi connectivity index (χ0v) is 9.97. The van der Waals surface area contributed by atoms with Crippen molar-refractivity contribution in [3.05, 3.63) is 36.5 Å². The van der Waals surface area contributed by atoms with Crippen molar-refractivity contribution >= 4 is 5.78 Å². The van der Waals surface area contributed by atoms with Crippen molar-refractivity contribution in [2.45, 2.75) is 33.6 Å². The molecule has 0 radical (unpaired) electrons. The molecule has 1 aliphatic carbocycles. The average Bonchev–Trinajstić information content (AvgIpc) is 2.14. The molecule has 0 N–H and O–H groups in total. The second kappa shape index (κ2) is 4.18. The van der Waals surface area contributed by atoms with Crippen LogP contribution in [0.2, 0.25) is 0 Å². The van der Waals surface area contributed by atoms with Gasteiger partial charge in [-0.2, -0.15) is 0 Å². The maximum absolute atomic E-state index is 12.2. The van der Waals surface area contributed by atoms with Crippen molar-refractivity contribution in [3.63, 3.8) is 0 Å². The SMILES string of the molecule is C=CC[C@@]1(C)C(=O)C(C)=CC[C@H]1C(=C)C. The van der Waals surface area contributed by atoms with Gasteiger partial charge in [-0.05, 0) is 38.2 Å². The largest absolute Gasteiger partial charge is 0.294 e. The summed E-state index contributed by atoms with van der Waals surface area (Å²) < 4.78 is 0. The van der Waals surface area contributed by atoms with Crippen LogP contribution in [0, 0.1) is 11.3 Å². The van der Waals surface area contributed by atoms with E-state index >= 15 is 0 Å². The van der Waals surface area contributed by atoms with Gasteiger partial charge in [-0.25, -0.2) is 0 Å². The Balaban J connectivity index is 3.15. The lowest BCUT2D eigenvalue weighted by molar-refractivity contribution is -0.126. The molecule has 2 atom stereocenters. The lowest BCUT2D eigenvalue weighted by Gasteiger charge is -2.39. The van der Waals surface area contributed by atoms with Crippen LogP contribution in [0.3, 0.4) is 0 Å². The zero-order valence-electron chi connectivity index (χ0n) is 9.97. The monoisotopic (exact) mass is 204 g/mol. The molecule has 0 spiro atoms. The third kappa shape index (κ3) is 1.97. The van der Waals surface area contributed by atoms with E-state index < -0.39 is 0 Å². The highest BCUT2D eigenvalue weighted by atomic mass is 16.1. The lowest BCUT2D eigenvalue weighted by Crippen LogP contribution is -2.39. The first-order valence-corrected chi connectivity index (χ1v) is 5.41. The molecule has 0 aromatic rings. The maximum Gasteiger partial charge on any atom is 0.165 e. The number of hydrogen-bond acceptors (Lipinski definition) is 1. The van der Waals surface area contributed by atoms with Crippen molar-refractivity contribution in [1.82, 2.24) is 0 Å². The molecule has 15 heavy (non-hydrogen) atoms. The van der Waals surface area contributed by atoms with Gasteiger partial charge in [-0.1, -0.05) is 31.2 Å². The van der Waals surface area contributed by atoms with Crippen LogP contribution in [0.15, 0.2) is 36.5 Å². The van der Waals surface area contributed by atoms with Crippen molar-refractivity contribution in [3.8, 4) is 0 Å². The molecule has 0 unspecified atom stereocenters. The molecule has 0 saturated heterocycles. The van der Waals surface area contributed by atoms with Crippen molar-refractivity contribution in [2.75, 3.05) is 0 Å². The van der Waals surface area contributed by atoms with Crippen molar-refractivity contribution in [2.24, 2.45) is 11.3 Å². The molecule has 0 amide bonds. The van der Waals surface area contributed by atoms with Crippen LogP contribution in [0.25, 0.3) is 0 Å². The van der Waals surface area contributed by atoms with E-state index in [4.69, 9.17) is 0 Å². The van der Waals surface area contributed by atoms with Crippen LogP contribution in [0.1, 0.15) is 33.6 Å². The Morgan fingerprint density at radius 2 is 2.33 bits per heavy atom. The molecule has 0 saturated carbocycles. The van der Waals surface area contributed by atoms with E-state index in [9.17, 15) is 4.79 Å². The van der Waals surface area contributed by atoms with Crippen LogP contribution in [-0.2, 0) is 4.79 Å². The lowest BCUT2D eigenvalue weighted by atomic mass is 9.63. The van der Waals surface area contributed by atoms with Crippen LogP contribution in [-0.4, -0.2) is 5.78 Å². The fraction of sp³-hybridized carbons (Fsp3) is 0.500. The molecule has 0 bridgehead atoms. The van der Waals surface area contributed by atoms with Crippen LogP contribution < -0.4 is 0 Å². The molecular weight excluding hydrogens is 184 g/mol. The van der Waals surface area contributed by atoms with Gasteiger partial charge in [-0.3, -0.25) is 4.79 Å². The molecule has 1 heteroatoms. The van der Waals surface area contributed by atoms with E-state index in [1.807, 2.05) is 32.9 Å². The molecule has 0 aromatic carbocycles. The number of Topliss-reactive ketones (excluding diaryl/α,β-unsaturated/α-hetero) is 1. The third-order valence-corrected chi connectivity index (χ3v) is 3.47. The normalized spacial score (nSPS) is 31.0. The predicted molar refractivity (Wildman–Crippen MR) is 64.6 cm³/mol.